The van der Waals surface area contributed by atoms with Crippen molar-refractivity contribution in [3.8, 4) is 0 Å². The number of hydrogen-bond acceptors (Lipinski definition) is 3. The van der Waals surface area contributed by atoms with Crippen LogP contribution >= 0.6 is 0 Å². The third-order valence-corrected chi connectivity index (χ3v) is 1.08. The Labute approximate surface area is 59.9 Å². The van der Waals surface area contributed by atoms with Gasteiger partial charge in [-0.1, -0.05) is 0 Å². The van der Waals surface area contributed by atoms with Crippen LogP contribution in [0.25, 0.3) is 0 Å². The van der Waals surface area contributed by atoms with Crippen molar-refractivity contribution in [3.05, 3.63) is 0 Å². The SMILES string of the molecule is COC(C)CNC(=O)NN. The average molecular weight is 147 g/mol. The maximum Gasteiger partial charge on any atom is 0.328 e. The van der Waals surface area contributed by atoms with Gasteiger partial charge in [-0.3, -0.25) is 5.43 Å². The summed E-state index contributed by atoms with van der Waals surface area (Å²) in [4.78, 5) is 10.4. The maximum absolute atomic E-state index is 10.4. The van der Waals surface area contributed by atoms with E-state index in [1.165, 1.54) is 0 Å². The second-order valence-electron chi connectivity index (χ2n) is 1.90. The molecule has 0 aliphatic heterocycles. The van der Waals surface area contributed by atoms with Crippen molar-refractivity contribution >= 4 is 6.03 Å². The zero-order valence-electron chi connectivity index (χ0n) is 6.18. The predicted molar refractivity (Wildman–Crippen MR) is 37.2 cm³/mol. The van der Waals surface area contributed by atoms with Crippen LogP contribution < -0.4 is 16.6 Å². The van der Waals surface area contributed by atoms with Crippen molar-refractivity contribution in [2.24, 2.45) is 5.84 Å². The van der Waals surface area contributed by atoms with E-state index < -0.39 is 6.03 Å². The molecule has 0 aromatic rings. The zero-order chi connectivity index (χ0) is 7.98. The van der Waals surface area contributed by atoms with Crippen molar-refractivity contribution in [2.45, 2.75) is 13.0 Å². The molecule has 0 radical (unpaired) electrons. The molecule has 0 aromatic heterocycles. The van der Waals surface area contributed by atoms with Gasteiger partial charge in [-0.25, -0.2) is 10.6 Å². The van der Waals surface area contributed by atoms with Crippen molar-refractivity contribution < 1.29 is 9.53 Å². The second-order valence-corrected chi connectivity index (χ2v) is 1.90. The number of nitrogens with one attached hydrogen (secondary N) is 2. The molecule has 0 aromatic carbocycles. The fourth-order valence-corrected chi connectivity index (χ4v) is 0.371. The molecule has 5 nitrogen and oxygen atoms in total. The number of nitrogens with two attached hydrogens (primary N) is 1. The maximum atomic E-state index is 10.4. The molecule has 0 spiro atoms. The van der Waals surface area contributed by atoms with Gasteiger partial charge < -0.3 is 10.1 Å². The molecule has 0 fully saturated rings. The molecule has 0 heterocycles. The molecule has 10 heavy (non-hydrogen) atoms. The summed E-state index contributed by atoms with van der Waals surface area (Å²) >= 11 is 0. The van der Waals surface area contributed by atoms with E-state index in [9.17, 15) is 4.79 Å². The van der Waals surface area contributed by atoms with Crippen LogP contribution in [0.5, 0.6) is 0 Å². The van der Waals surface area contributed by atoms with Crippen LogP contribution in [0.3, 0.4) is 0 Å². The minimum absolute atomic E-state index is 0.0114. The van der Waals surface area contributed by atoms with E-state index in [0.29, 0.717) is 6.54 Å². The van der Waals surface area contributed by atoms with Crippen LogP contribution in [-0.4, -0.2) is 25.8 Å². The van der Waals surface area contributed by atoms with Crippen LogP contribution in [0.4, 0.5) is 4.79 Å². The van der Waals surface area contributed by atoms with Crippen molar-refractivity contribution in [1.82, 2.24) is 10.7 Å². The largest absolute Gasteiger partial charge is 0.380 e. The van der Waals surface area contributed by atoms with E-state index in [1.54, 1.807) is 7.11 Å². The summed E-state index contributed by atoms with van der Waals surface area (Å²) < 4.78 is 4.86. The van der Waals surface area contributed by atoms with Gasteiger partial charge in [0.2, 0.25) is 0 Å². The molecule has 2 amide bonds. The zero-order valence-corrected chi connectivity index (χ0v) is 6.18. The lowest BCUT2D eigenvalue weighted by atomic mass is 10.4. The first kappa shape index (κ1) is 9.19. The summed E-state index contributed by atoms with van der Waals surface area (Å²) in [6, 6.07) is -0.399. The van der Waals surface area contributed by atoms with E-state index in [4.69, 9.17) is 10.6 Å². The van der Waals surface area contributed by atoms with Gasteiger partial charge in [0.25, 0.3) is 0 Å². The summed E-state index contributed by atoms with van der Waals surface area (Å²) in [6.45, 7) is 2.30. The normalized spacial score (nSPS) is 12.3. The topological polar surface area (TPSA) is 76.4 Å². The Morgan fingerprint density at radius 2 is 2.40 bits per heavy atom. The smallest absolute Gasteiger partial charge is 0.328 e. The third kappa shape index (κ3) is 4.11. The van der Waals surface area contributed by atoms with Crippen molar-refractivity contribution in [2.75, 3.05) is 13.7 Å². The number of methoxy groups -OCH3 is 1. The van der Waals surface area contributed by atoms with Crippen LogP contribution in [0, 0.1) is 0 Å². The molecule has 1 atom stereocenters. The highest BCUT2D eigenvalue weighted by atomic mass is 16.5. The Morgan fingerprint density at radius 3 is 2.80 bits per heavy atom. The van der Waals surface area contributed by atoms with E-state index in [-0.39, 0.29) is 6.10 Å². The van der Waals surface area contributed by atoms with Crippen LogP contribution in [0.2, 0.25) is 0 Å². The van der Waals surface area contributed by atoms with Gasteiger partial charge in [0.1, 0.15) is 0 Å². The monoisotopic (exact) mass is 147 g/mol. The number of carbonyl (C=O) groups excluding carboxylic acids is 1. The molecular weight excluding hydrogens is 134 g/mol. The Kier molecular flexibility index (Phi) is 4.61. The lowest BCUT2D eigenvalue weighted by molar-refractivity contribution is 0.118. The molecular formula is C5H13N3O2. The van der Waals surface area contributed by atoms with Crippen LogP contribution in [0.1, 0.15) is 6.92 Å². The highest BCUT2D eigenvalue weighted by Crippen LogP contribution is 1.82. The highest BCUT2D eigenvalue weighted by molar-refractivity contribution is 5.72. The molecule has 5 heteroatoms. The number of carbonyl (C=O) groups is 1. The molecule has 0 aliphatic rings. The molecule has 0 bridgehead atoms. The van der Waals surface area contributed by atoms with Gasteiger partial charge in [0.05, 0.1) is 6.10 Å². The van der Waals surface area contributed by atoms with E-state index in [1.807, 2.05) is 12.3 Å². The number of ether oxygens (including phenoxy) is 1. The van der Waals surface area contributed by atoms with Crippen LogP contribution in [-0.2, 0) is 4.74 Å². The lowest BCUT2D eigenvalue weighted by Gasteiger charge is -2.09. The minimum Gasteiger partial charge on any atom is -0.380 e. The Morgan fingerprint density at radius 1 is 1.80 bits per heavy atom. The highest BCUT2D eigenvalue weighted by Gasteiger charge is 2.00. The van der Waals surface area contributed by atoms with E-state index >= 15 is 0 Å². The molecule has 0 saturated carbocycles. The van der Waals surface area contributed by atoms with E-state index in [0.717, 1.165) is 0 Å². The molecule has 1 unspecified atom stereocenters. The summed E-state index contributed by atoms with van der Waals surface area (Å²) in [5.74, 6) is 4.80. The number of urea groups is 1. The molecule has 0 saturated heterocycles. The van der Waals surface area contributed by atoms with Crippen molar-refractivity contribution in [1.29, 1.82) is 0 Å². The summed E-state index contributed by atoms with van der Waals surface area (Å²) in [5.41, 5.74) is 1.94. The lowest BCUT2D eigenvalue weighted by Crippen LogP contribution is -2.42. The van der Waals surface area contributed by atoms with Gasteiger partial charge in [0, 0.05) is 13.7 Å². The minimum atomic E-state index is -0.399. The van der Waals surface area contributed by atoms with Crippen LogP contribution in [0.15, 0.2) is 0 Å². The van der Waals surface area contributed by atoms with Gasteiger partial charge in [0.15, 0.2) is 0 Å². The average Bonchev–Trinajstić information content (AvgIpc) is 1.99. The first-order chi connectivity index (χ1) is 4.70. The molecule has 0 rings (SSSR count). The van der Waals surface area contributed by atoms with Gasteiger partial charge in [-0.15, -0.1) is 0 Å². The quantitative estimate of drug-likeness (QED) is 0.278. The third-order valence-electron chi connectivity index (χ3n) is 1.08. The molecule has 4 N–H and O–H groups in total. The summed E-state index contributed by atoms with van der Waals surface area (Å²) in [5, 5.41) is 2.48. The number of amides is 2. The molecule has 0 aliphatic carbocycles. The number of hydrazine groups is 1. The first-order valence-electron chi connectivity index (χ1n) is 2.98. The fraction of sp³-hybridized carbons (Fsp3) is 0.800. The molecule has 60 valence electrons. The summed E-state index contributed by atoms with van der Waals surface area (Å²) in [6.07, 6.45) is 0.0114. The first-order valence-corrected chi connectivity index (χ1v) is 2.98. The standard InChI is InChI=1S/C5H13N3O2/c1-4(10-2)3-7-5(9)8-6/h4H,3,6H2,1-2H3,(H2,7,8,9). The summed E-state index contributed by atoms with van der Waals surface area (Å²) in [7, 11) is 1.58. The number of hydrogen-bond donors (Lipinski definition) is 3. The predicted octanol–water partition coefficient (Wildman–Crippen LogP) is -0.806. The van der Waals surface area contributed by atoms with Gasteiger partial charge in [-0.2, -0.15) is 0 Å². The Hall–Kier alpha value is -0.810. The van der Waals surface area contributed by atoms with Gasteiger partial charge in [-0.05, 0) is 6.92 Å². The fourth-order valence-electron chi connectivity index (χ4n) is 0.371. The van der Waals surface area contributed by atoms with E-state index in [2.05, 4.69) is 5.32 Å². The Balaban J connectivity index is 3.26. The number of rotatable bonds is 3. The van der Waals surface area contributed by atoms with Crippen molar-refractivity contribution in [3.63, 3.8) is 0 Å². The second kappa shape index (κ2) is 5.01. The van der Waals surface area contributed by atoms with Gasteiger partial charge >= 0.3 is 6.03 Å². The Bertz CT molecular complexity index is 107.